The standard InChI is InChI=1S/C27H53NO4/c1-2-3-4-5-6-7-8-9-10-11-12-13-14-15-16-17-21-31-26-27(32-24-20-29)25-28-18-22-30-23-19-28/h9-10,27,29H,2-8,11-26H2,1H3. The van der Waals surface area contributed by atoms with E-state index in [0.717, 1.165) is 45.9 Å². The van der Waals surface area contributed by atoms with Crippen molar-refractivity contribution in [2.24, 2.45) is 0 Å². The number of unbranched alkanes of at least 4 members (excludes halogenated alkanes) is 12. The first-order chi connectivity index (χ1) is 15.9. The Balaban J connectivity index is 1.87. The number of morpholine rings is 1. The van der Waals surface area contributed by atoms with Crippen LogP contribution in [0.1, 0.15) is 96.8 Å². The van der Waals surface area contributed by atoms with Crippen LogP contribution in [0.2, 0.25) is 0 Å². The number of aliphatic hydroxyl groups is 1. The molecule has 1 heterocycles. The number of allylic oxidation sites excluding steroid dienone is 2. The highest BCUT2D eigenvalue weighted by atomic mass is 16.5. The average Bonchev–Trinajstić information content (AvgIpc) is 2.82. The van der Waals surface area contributed by atoms with E-state index in [1.807, 2.05) is 0 Å². The predicted octanol–water partition coefficient (Wildman–Crippen LogP) is 5.75. The molecule has 1 atom stereocenters. The maximum Gasteiger partial charge on any atom is 0.0936 e. The molecule has 1 rings (SSSR count). The Hall–Kier alpha value is -0.460. The van der Waals surface area contributed by atoms with Gasteiger partial charge in [0, 0.05) is 26.2 Å². The van der Waals surface area contributed by atoms with E-state index in [2.05, 4.69) is 24.0 Å². The van der Waals surface area contributed by atoms with E-state index < -0.39 is 0 Å². The lowest BCUT2D eigenvalue weighted by Gasteiger charge is -2.30. The van der Waals surface area contributed by atoms with Gasteiger partial charge in [-0.25, -0.2) is 0 Å². The highest BCUT2D eigenvalue weighted by molar-refractivity contribution is 4.81. The number of hydrogen-bond acceptors (Lipinski definition) is 5. The van der Waals surface area contributed by atoms with E-state index in [0.29, 0.717) is 13.2 Å². The molecule has 1 aliphatic rings. The largest absolute Gasteiger partial charge is 0.394 e. The molecule has 1 N–H and O–H groups in total. The monoisotopic (exact) mass is 455 g/mol. The van der Waals surface area contributed by atoms with Crippen molar-refractivity contribution in [2.45, 2.75) is 103 Å². The molecule has 190 valence electrons. The third-order valence-electron chi connectivity index (χ3n) is 6.11. The number of nitrogens with zero attached hydrogens (tertiary/aromatic N) is 1. The molecule has 0 amide bonds. The molecular weight excluding hydrogens is 402 g/mol. The molecule has 1 saturated heterocycles. The van der Waals surface area contributed by atoms with Crippen LogP contribution >= 0.6 is 0 Å². The summed E-state index contributed by atoms with van der Waals surface area (Å²) >= 11 is 0. The van der Waals surface area contributed by atoms with Crippen LogP contribution in [0.15, 0.2) is 12.2 Å². The molecule has 0 spiro atoms. The number of rotatable bonds is 23. The minimum atomic E-state index is 0.0364. The van der Waals surface area contributed by atoms with Gasteiger partial charge < -0.3 is 19.3 Å². The zero-order chi connectivity index (χ0) is 23.0. The van der Waals surface area contributed by atoms with Gasteiger partial charge in [-0.05, 0) is 32.1 Å². The quantitative estimate of drug-likeness (QED) is 0.157. The van der Waals surface area contributed by atoms with E-state index in [1.165, 1.54) is 83.5 Å². The highest BCUT2D eigenvalue weighted by Crippen LogP contribution is 2.10. The molecule has 0 aromatic rings. The zero-order valence-electron chi connectivity index (χ0n) is 21.1. The average molecular weight is 456 g/mol. The third-order valence-corrected chi connectivity index (χ3v) is 6.11. The van der Waals surface area contributed by atoms with Crippen LogP contribution in [0.5, 0.6) is 0 Å². The minimum absolute atomic E-state index is 0.0364. The van der Waals surface area contributed by atoms with Crippen LogP contribution in [0, 0.1) is 0 Å². The van der Waals surface area contributed by atoms with Gasteiger partial charge in [0.15, 0.2) is 0 Å². The molecule has 5 nitrogen and oxygen atoms in total. The summed E-state index contributed by atoms with van der Waals surface area (Å²) in [6, 6.07) is 0. The van der Waals surface area contributed by atoms with Gasteiger partial charge in [-0.3, -0.25) is 4.90 Å². The van der Waals surface area contributed by atoms with E-state index in [4.69, 9.17) is 19.3 Å². The molecule has 0 aromatic heterocycles. The van der Waals surface area contributed by atoms with Gasteiger partial charge in [0.25, 0.3) is 0 Å². The Bertz CT molecular complexity index is 399. The SMILES string of the molecule is CCCCCCCCC=CCCCCCCCCOCC(CN1CCOCC1)OCCO. The maximum atomic E-state index is 9.05. The van der Waals surface area contributed by atoms with Gasteiger partial charge in [0.1, 0.15) is 0 Å². The lowest BCUT2D eigenvalue weighted by Crippen LogP contribution is -2.43. The highest BCUT2D eigenvalue weighted by Gasteiger charge is 2.17. The molecule has 0 saturated carbocycles. The van der Waals surface area contributed by atoms with Crippen LogP contribution in [0.4, 0.5) is 0 Å². The van der Waals surface area contributed by atoms with E-state index in [9.17, 15) is 0 Å². The molecular formula is C27H53NO4. The number of hydrogen-bond donors (Lipinski definition) is 1. The second-order valence-corrected chi connectivity index (χ2v) is 9.14. The predicted molar refractivity (Wildman–Crippen MR) is 134 cm³/mol. The molecule has 5 heteroatoms. The molecule has 1 aliphatic heterocycles. The van der Waals surface area contributed by atoms with Crippen molar-refractivity contribution in [1.29, 1.82) is 0 Å². The zero-order valence-corrected chi connectivity index (χ0v) is 21.1. The van der Waals surface area contributed by atoms with Gasteiger partial charge in [0.2, 0.25) is 0 Å². The van der Waals surface area contributed by atoms with Gasteiger partial charge in [-0.2, -0.15) is 0 Å². The Morgan fingerprint density at radius 3 is 2.03 bits per heavy atom. The van der Waals surface area contributed by atoms with Crippen molar-refractivity contribution in [3.8, 4) is 0 Å². The summed E-state index contributed by atoms with van der Waals surface area (Å²) in [6.07, 6.45) is 23.4. The molecule has 0 aliphatic carbocycles. The van der Waals surface area contributed by atoms with Crippen molar-refractivity contribution < 1.29 is 19.3 Å². The first kappa shape index (κ1) is 29.6. The van der Waals surface area contributed by atoms with Crippen LogP contribution in [-0.2, 0) is 14.2 Å². The van der Waals surface area contributed by atoms with E-state index in [1.54, 1.807) is 0 Å². The van der Waals surface area contributed by atoms with Crippen molar-refractivity contribution in [3.63, 3.8) is 0 Å². The first-order valence-corrected chi connectivity index (χ1v) is 13.6. The second-order valence-electron chi connectivity index (χ2n) is 9.14. The Kier molecular flexibility index (Phi) is 21.9. The summed E-state index contributed by atoms with van der Waals surface area (Å²) in [4.78, 5) is 2.36. The van der Waals surface area contributed by atoms with Crippen LogP contribution in [-0.4, -0.2) is 75.4 Å². The van der Waals surface area contributed by atoms with Gasteiger partial charge in [-0.15, -0.1) is 0 Å². The normalized spacial score (nSPS) is 16.2. The molecule has 32 heavy (non-hydrogen) atoms. The fourth-order valence-corrected chi connectivity index (χ4v) is 4.11. The lowest BCUT2D eigenvalue weighted by molar-refractivity contribution is -0.0559. The third kappa shape index (κ3) is 19.0. The second kappa shape index (κ2) is 23.7. The van der Waals surface area contributed by atoms with E-state index >= 15 is 0 Å². The van der Waals surface area contributed by atoms with Crippen molar-refractivity contribution in [1.82, 2.24) is 4.90 Å². The maximum absolute atomic E-state index is 9.05. The number of ether oxygens (including phenoxy) is 3. The summed E-state index contributed by atoms with van der Waals surface area (Å²) < 4.78 is 17.0. The Morgan fingerprint density at radius 2 is 1.41 bits per heavy atom. The summed E-state index contributed by atoms with van der Waals surface area (Å²) in [5, 5.41) is 9.05. The van der Waals surface area contributed by atoms with Crippen molar-refractivity contribution in [2.75, 3.05) is 59.3 Å². The van der Waals surface area contributed by atoms with Crippen molar-refractivity contribution in [3.05, 3.63) is 12.2 Å². The van der Waals surface area contributed by atoms with Crippen LogP contribution in [0.25, 0.3) is 0 Å². The lowest BCUT2D eigenvalue weighted by atomic mass is 10.1. The minimum Gasteiger partial charge on any atom is -0.394 e. The first-order valence-electron chi connectivity index (χ1n) is 13.6. The topological polar surface area (TPSA) is 51.2 Å². The fourth-order valence-electron chi connectivity index (χ4n) is 4.11. The Morgan fingerprint density at radius 1 is 0.812 bits per heavy atom. The van der Waals surface area contributed by atoms with Gasteiger partial charge >= 0.3 is 0 Å². The molecule has 1 unspecified atom stereocenters. The van der Waals surface area contributed by atoms with Crippen molar-refractivity contribution >= 4 is 0 Å². The van der Waals surface area contributed by atoms with Gasteiger partial charge in [0.05, 0.1) is 39.1 Å². The van der Waals surface area contributed by atoms with Gasteiger partial charge in [-0.1, -0.05) is 76.9 Å². The molecule has 0 bridgehead atoms. The smallest absolute Gasteiger partial charge is 0.0936 e. The van der Waals surface area contributed by atoms with E-state index in [-0.39, 0.29) is 12.7 Å². The fraction of sp³-hybridized carbons (Fsp3) is 0.926. The summed E-state index contributed by atoms with van der Waals surface area (Å²) in [5.74, 6) is 0. The summed E-state index contributed by atoms with van der Waals surface area (Å²) in [5.41, 5.74) is 0. The molecule has 0 radical (unpaired) electrons. The Labute approximate surface area is 198 Å². The summed E-state index contributed by atoms with van der Waals surface area (Å²) in [7, 11) is 0. The van der Waals surface area contributed by atoms with Crippen LogP contribution in [0.3, 0.4) is 0 Å². The molecule has 1 fully saturated rings. The summed E-state index contributed by atoms with van der Waals surface area (Å²) in [6.45, 7) is 8.50. The number of aliphatic hydroxyl groups excluding tert-OH is 1. The molecule has 0 aromatic carbocycles. The van der Waals surface area contributed by atoms with Crippen LogP contribution < -0.4 is 0 Å².